The van der Waals surface area contributed by atoms with E-state index >= 15 is 0 Å². The summed E-state index contributed by atoms with van der Waals surface area (Å²) in [7, 11) is 0. The molecule has 0 saturated carbocycles. The van der Waals surface area contributed by atoms with E-state index in [2.05, 4.69) is 24.6 Å². The predicted octanol–water partition coefficient (Wildman–Crippen LogP) is 6.69. The third kappa shape index (κ3) is 4.42. The number of benzene rings is 1. The Bertz CT molecular complexity index is 843. The van der Waals surface area contributed by atoms with Gasteiger partial charge in [-0.2, -0.15) is 8.78 Å². The molecule has 0 N–H and O–H groups in total. The van der Waals surface area contributed by atoms with Gasteiger partial charge in [-0.1, -0.05) is 36.4 Å². The highest BCUT2D eigenvalue weighted by Gasteiger charge is 2.23. The van der Waals surface area contributed by atoms with Crippen molar-refractivity contribution in [2.24, 2.45) is 0 Å². The van der Waals surface area contributed by atoms with Crippen molar-refractivity contribution in [1.82, 2.24) is 9.55 Å². The minimum atomic E-state index is -2.75. The number of aromatic nitrogens is 2. The van der Waals surface area contributed by atoms with E-state index in [1.807, 2.05) is 13.0 Å². The van der Waals surface area contributed by atoms with Crippen LogP contribution in [-0.2, 0) is 6.42 Å². The van der Waals surface area contributed by atoms with Gasteiger partial charge < -0.3 is 0 Å². The molecule has 0 saturated heterocycles. The molecule has 0 radical (unpaired) electrons. The Morgan fingerprint density at radius 3 is 2.32 bits per heavy atom. The summed E-state index contributed by atoms with van der Waals surface area (Å²) in [5.74, 6) is 0.158. The highest BCUT2D eigenvalue weighted by molar-refractivity contribution is 7.74. The molecule has 1 atom stereocenters. The van der Waals surface area contributed by atoms with Crippen molar-refractivity contribution in [1.29, 1.82) is 0 Å². The first-order chi connectivity index (χ1) is 11.4. The number of rotatable bonds is 5. The van der Waals surface area contributed by atoms with E-state index in [9.17, 15) is 8.78 Å². The molecule has 138 valence electrons. The van der Waals surface area contributed by atoms with Crippen LogP contribution in [0.2, 0.25) is 10.2 Å². The number of hydrogen-bond donors (Lipinski definition) is 0. The molecule has 0 fully saturated rings. The summed E-state index contributed by atoms with van der Waals surface area (Å²) in [5, 5.41) is 0.370. The van der Waals surface area contributed by atoms with Crippen LogP contribution in [0.3, 0.4) is 0 Å². The van der Waals surface area contributed by atoms with Crippen LogP contribution in [0.4, 0.5) is 8.78 Å². The minimum Gasteiger partial charge on any atom is -0.260 e. The van der Waals surface area contributed by atoms with E-state index in [1.165, 1.54) is 6.92 Å². The van der Waals surface area contributed by atoms with Gasteiger partial charge in [0.1, 0.15) is 16.7 Å². The fourth-order valence-electron chi connectivity index (χ4n) is 2.47. The van der Waals surface area contributed by atoms with Gasteiger partial charge >= 0.3 is 6.55 Å². The van der Waals surface area contributed by atoms with Crippen molar-refractivity contribution in [2.45, 2.75) is 31.9 Å². The van der Waals surface area contributed by atoms with Crippen molar-refractivity contribution >= 4 is 48.0 Å². The largest absolute Gasteiger partial charge is 0.321 e. The molecular formula is C17H20Cl3F2N2P. The first kappa shape index (κ1) is 20.8. The smallest absolute Gasteiger partial charge is 0.260 e. The Labute approximate surface area is 162 Å². The van der Waals surface area contributed by atoms with Crippen LogP contribution in [0.1, 0.15) is 23.5 Å². The Kier molecular flexibility index (Phi) is 6.31. The maximum Gasteiger partial charge on any atom is 0.321 e. The summed E-state index contributed by atoms with van der Waals surface area (Å²) in [6, 6.07) is 3.63. The van der Waals surface area contributed by atoms with Gasteiger partial charge in [0.15, 0.2) is 0 Å². The van der Waals surface area contributed by atoms with Crippen molar-refractivity contribution in [3.05, 3.63) is 39.3 Å². The number of imidazole rings is 1. The summed E-state index contributed by atoms with van der Waals surface area (Å²) < 4.78 is 27.0. The molecule has 1 unspecified atom stereocenters. The van der Waals surface area contributed by atoms with Crippen LogP contribution in [0.15, 0.2) is 12.1 Å². The molecular weight excluding hydrogens is 408 g/mol. The van der Waals surface area contributed by atoms with E-state index in [4.69, 9.17) is 34.8 Å². The summed E-state index contributed by atoms with van der Waals surface area (Å²) in [4.78, 5) is 4.23. The highest BCUT2D eigenvalue weighted by atomic mass is 35.5. The van der Waals surface area contributed by atoms with E-state index < -0.39 is 13.4 Å². The Hall–Kier alpha value is -0.540. The second kappa shape index (κ2) is 7.60. The van der Waals surface area contributed by atoms with E-state index in [1.54, 1.807) is 6.07 Å². The molecule has 2 aromatic rings. The lowest BCUT2D eigenvalue weighted by molar-refractivity contribution is 0.0683. The van der Waals surface area contributed by atoms with Crippen LogP contribution >= 0.6 is 41.7 Å². The number of hydrogen-bond acceptors (Lipinski definition) is 1. The fourth-order valence-corrected chi connectivity index (χ4v) is 3.97. The van der Waals surface area contributed by atoms with Crippen LogP contribution in [0.5, 0.6) is 0 Å². The average molecular weight is 428 g/mol. The van der Waals surface area contributed by atoms with Gasteiger partial charge in [-0.05, 0) is 56.9 Å². The molecule has 2 rings (SSSR count). The van der Waals surface area contributed by atoms with Crippen molar-refractivity contribution in [3.63, 3.8) is 0 Å². The number of alkyl halides is 3. The van der Waals surface area contributed by atoms with Crippen molar-refractivity contribution in [3.8, 4) is 11.3 Å². The molecule has 0 amide bonds. The standard InChI is InChI=1S/C17H20Cl3F2N2P/c1-9-6-13(18)11(8-14(19)25(3,4)5)7-12(9)15-16(20)24(17(21)22)10(2)23-15/h6-7,14,17H,3,8H2,1-2,4-5H3. The maximum absolute atomic E-state index is 13.2. The summed E-state index contributed by atoms with van der Waals surface area (Å²) >= 11 is 19.0. The van der Waals surface area contributed by atoms with E-state index in [0.29, 0.717) is 27.3 Å². The summed E-state index contributed by atoms with van der Waals surface area (Å²) in [6.45, 7) is 3.20. The zero-order valence-corrected chi connectivity index (χ0v) is 17.6. The highest BCUT2D eigenvalue weighted by Crippen LogP contribution is 2.46. The average Bonchev–Trinajstić information content (AvgIpc) is 2.75. The molecule has 2 nitrogen and oxygen atoms in total. The topological polar surface area (TPSA) is 17.8 Å². The predicted molar refractivity (Wildman–Crippen MR) is 108 cm³/mol. The molecule has 1 aromatic carbocycles. The zero-order chi connectivity index (χ0) is 19.1. The van der Waals surface area contributed by atoms with Crippen LogP contribution < -0.4 is 0 Å². The second-order valence-corrected chi connectivity index (χ2v) is 12.4. The number of nitrogens with zero attached hydrogens (tertiary/aromatic N) is 2. The number of aryl methyl sites for hydroxylation is 2. The SMILES string of the molecule is C=P(C)(C)C(Cl)Cc1cc(-c2nc(C)n(C(F)F)c2Cl)c(C)cc1Cl. The zero-order valence-electron chi connectivity index (χ0n) is 14.5. The van der Waals surface area contributed by atoms with Crippen LogP contribution in [-0.4, -0.2) is 34.3 Å². The second-order valence-electron chi connectivity index (χ2n) is 6.62. The lowest BCUT2D eigenvalue weighted by Gasteiger charge is -2.21. The quantitative estimate of drug-likeness (QED) is 0.384. The molecule has 8 heteroatoms. The number of halogens is 5. The van der Waals surface area contributed by atoms with Gasteiger partial charge in [-0.3, -0.25) is 4.57 Å². The Morgan fingerprint density at radius 2 is 1.84 bits per heavy atom. The Morgan fingerprint density at radius 1 is 1.24 bits per heavy atom. The summed E-state index contributed by atoms with van der Waals surface area (Å²) in [5.41, 5.74) is 2.64. The first-order valence-electron chi connectivity index (χ1n) is 7.57. The molecule has 0 aliphatic heterocycles. The van der Waals surface area contributed by atoms with E-state index in [-0.39, 0.29) is 16.1 Å². The van der Waals surface area contributed by atoms with Gasteiger partial charge in [0.2, 0.25) is 0 Å². The third-order valence-corrected chi connectivity index (χ3v) is 8.17. The molecule has 1 heterocycles. The molecule has 0 spiro atoms. The lowest BCUT2D eigenvalue weighted by Crippen LogP contribution is -2.05. The molecule has 0 bridgehead atoms. The third-order valence-electron chi connectivity index (χ3n) is 4.02. The van der Waals surface area contributed by atoms with Gasteiger partial charge in [0.05, 0.1) is 5.12 Å². The fraction of sp³-hybridized carbons (Fsp3) is 0.412. The molecule has 1 aromatic heterocycles. The molecule has 0 aliphatic rings. The van der Waals surface area contributed by atoms with Gasteiger partial charge in [0, 0.05) is 10.6 Å². The van der Waals surface area contributed by atoms with Crippen LogP contribution in [0, 0.1) is 13.8 Å². The van der Waals surface area contributed by atoms with Gasteiger partial charge in [-0.25, -0.2) is 4.98 Å². The maximum atomic E-state index is 13.2. The molecule has 25 heavy (non-hydrogen) atoms. The molecule has 0 aliphatic carbocycles. The summed E-state index contributed by atoms with van der Waals surface area (Å²) in [6.07, 6.45) is 4.70. The normalized spacial score (nSPS) is 13.5. The minimum absolute atomic E-state index is 0.0868. The van der Waals surface area contributed by atoms with Crippen LogP contribution in [0.25, 0.3) is 11.3 Å². The van der Waals surface area contributed by atoms with Crippen molar-refractivity contribution in [2.75, 3.05) is 13.3 Å². The van der Waals surface area contributed by atoms with Crippen molar-refractivity contribution < 1.29 is 8.78 Å². The van der Waals surface area contributed by atoms with E-state index in [0.717, 1.165) is 11.1 Å². The van der Waals surface area contributed by atoms with Gasteiger partial charge in [-0.15, -0.1) is 11.6 Å². The monoisotopic (exact) mass is 426 g/mol. The lowest BCUT2D eigenvalue weighted by atomic mass is 10.0. The first-order valence-corrected chi connectivity index (χ1v) is 11.7. The van der Waals surface area contributed by atoms with Gasteiger partial charge in [0.25, 0.3) is 0 Å². The Balaban J connectivity index is 2.55.